The summed E-state index contributed by atoms with van der Waals surface area (Å²) in [6.07, 6.45) is 2.07. The molecular formula is C12H13NOS. The van der Waals surface area contributed by atoms with Gasteiger partial charge >= 0.3 is 0 Å². The maximum atomic E-state index is 5.15. The van der Waals surface area contributed by atoms with Gasteiger partial charge in [0.15, 0.2) is 0 Å². The zero-order valence-electron chi connectivity index (χ0n) is 9.07. The molecule has 0 radical (unpaired) electrons. The van der Waals surface area contributed by atoms with Crippen LogP contribution < -0.4 is 0 Å². The van der Waals surface area contributed by atoms with Crippen molar-refractivity contribution in [3.63, 3.8) is 0 Å². The first-order valence-corrected chi connectivity index (χ1v) is 6.02. The molecule has 15 heavy (non-hydrogen) atoms. The van der Waals surface area contributed by atoms with Crippen molar-refractivity contribution in [1.82, 2.24) is 5.16 Å². The lowest BCUT2D eigenvalue weighted by atomic mass is 10.0. The van der Waals surface area contributed by atoms with Crippen LogP contribution in [0.3, 0.4) is 0 Å². The molecule has 3 heteroatoms. The molecule has 78 valence electrons. The lowest BCUT2D eigenvalue weighted by Crippen LogP contribution is -1.81. The fourth-order valence-corrected chi connectivity index (χ4v) is 2.06. The average molecular weight is 219 g/mol. The molecule has 0 aliphatic heterocycles. The Morgan fingerprint density at radius 3 is 2.27 bits per heavy atom. The van der Waals surface area contributed by atoms with Crippen molar-refractivity contribution in [1.29, 1.82) is 0 Å². The van der Waals surface area contributed by atoms with E-state index in [0.29, 0.717) is 0 Å². The van der Waals surface area contributed by atoms with Gasteiger partial charge in [-0.05, 0) is 37.8 Å². The molecular weight excluding hydrogens is 206 g/mol. The number of aryl methyl sites for hydroxylation is 2. The third-order valence-corrected chi connectivity index (χ3v) is 3.16. The molecule has 1 aromatic carbocycles. The van der Waals surface area contributed by atoms with Crippen molar-refractivity contribution < 1.29 is 4.52 Å². The maximum Gasteiger partial charge on any atom is 0.141 e. The number of hydrogen-bond acceptors (Lipinski definition) is 3. The van der Waals surface area contributed by atoms with E-state index < -0.39 is 0 Å². The number of benzene rings is 1. The molecule has 0 atom stereocenters. The Labute approximate surface area is 93.7 Å². The lowest BCUT2D eigenvalue weighted by molar-refractivity contribution is 0.393. The molecule has 0 spiro atoms. The van der Waals surface area contributed by atoms with Crippen LogP contribution in [0.2, 0.25) is 0 Å². The van der Waals surface area contributed by atoms with Gasteiger partial charge in [-0.3, -0.25) is 0 Å². The minimum atomic E-state index is 0.879. The summed E-state index contributed by atoms with van der Waals surface area (Å²) in [6, 6.07) is 8.45. The first-order chi connectivity index (χ1) is 7.22. The summed E-state index contributed by atoms with van der Waals surface area (Å²) in [5.74, 6) is 0.879. The van der Waals surface area contributed by atoms with E-state index in [9.17, 15) is 0 Å². The second-order valence-electron chi connectivity index (χ2n) is 3.43. The van der Waals surface area contributed by atoms with Gasteiger partial charge in [0, 0.05) is 10.5 Å². The largest absolute Gasteiger partial charge is 0.361 e. The summed E-state index contributed by atoms with van der Waals surface area (Å²) in [5.41, 5.74) is 3.23. The molecule has 0 N–H and O–H groups in total. The van der Waals surface area contributed by atoms with Crippen LogP contribution in [-0.2, 0) is 0 Å². The standard InChI is InChI=1S/C12H13NOS/c1-8-12(9(2)14-13-8)10-4-6-11(15-3)7-5-10/h4-7H,1-3H3. The van der Waals surface area contributed by atoms with Crippen LogP contribution >= 0.6 is 11.8 Å². The Bertz CT molecular complexity index is 439. The monoisotopic (exact) mass is 219 g/mol. The molecule has 0 fully saturated rings. The topological polar surface area (TPSA) is 26.0 Å². The highest BCUT2D eigenvalue weighted by Gasteiger charge is 2.10. The van der Waals surface area contributed by atoms with Crippen LogP contribution in [0.15, 0.2) is 33.7 Å². The highest BCUT2D eigenvalue weighted by atomic mass is 32.2. The van der Waals surface area contributed by atoms with Crippen LogP contribution in [-0.4, -0.2) is 11.4 Å². The zero-order chi connectivity index (χ0) is 10.8. The van der Waals surface area contributed by atoms with Crippen LogP contribution in [0.1, 0.15) is 11.5 Å². The third-order valence-electron chi connectivity index (χ3n) is 2.41. The van der Waals surface area contributed by atoms with E-state index in [1.165, 1.54) is 10.5 Å². The fraction of sp³-hybridized carbons (Fsp3) is 0.250. The molecule has 2 aromatic rings. The van der Waals surface area contributed by atoms with Crippen molar-refractivity contribution in [2.45, 2.75) is 18.7 Å². The normalized spacial score (nSPS) is 10.6. The summed E-state index contributed by atoms with van der Waals surface area (Å²) in [7, 11) is 0. The number of thioether (sulfide) groups is 1. The highest BCUT2D eigenvalue weighted by Crippen LogP contribution is 2.28. The molecule has 0 unspecified atom stereocenters. The van der Waals surface area contributed by atoms with Gasteiger partial charge in [-0.1, -0.05) is 17.3 Å². The first-order valence-electron chi connectivity index (χ1n) is 4.79. The molecule has 2 rings (SSSR count). The van der Waals surface area contributed by atoms with E-state index in [-0.39, 0.29) is 0 Å². The van der Waals surface area contributed by atoms with Gasteiger partial charge < -0.3 is 4.52 Å². The SMILES string of the molecule is CSc1ccc(-c2c(C)noc2C)cc1. The summed E-state index contributed by atoms with van der Waals surface area (Å²) < 4.78 is 5.15. The van der Waals surface area contributed by atoms with E-state index in [1.807, 2.05) is 13.8 Å². The van der Waals surface area contributed by atoms with E-state index in [2.05, 4.69) is 35.7 Å². The number of rotatable bonds is 2. The molecule has 0 bridgehead atoms. The Balaban J connectivity index is 2.45. The van der Waals surface area contributed by atoms with Crippen molar-refractivity contribution in [3.8, 4) is 11.1 Å². The van der Waals surface area contributed by atoms with E-state index >= 15 is 0 Å². The number of aromatic nitrogens is 1. The summed E-state index contributed by atoms with van der Waals surface area (Å²) in [6.45, 7) is 3.91. The van der Waals surface area contributed by atoms with Gasteiger partial charge in [0.2, 0.25) is 0 Å². The van der Waals surface area contributed by atoms with Crippen LogP contribution in [0.4, 0.5) is 0 Å². The second kappa shape index (κ2) is 4.11. The summed E-state index contributed by atoms with van der Waals surface area (Å²) in [4.78, 5) is 1.27. The second-order valence-corrected chi connectivity index (χ2v) is 4.31. The van der Waals surface area contributed by atoms with Gasteiger partial charge in [-0.25, -0.2) is 0 Å². The third kappa shape index (κ3) is 1.92. The minimum Gasteiger partial charge on any atom is -0.361 e. The average Bonchev–Trinajstić information content (AvgIpc) is 2.59. The lowest BCUT2D eigenvalue weighted by Gasteiger charge is -2.01. The number of nitrogens with zero attached hydrogens (tertiary/aromatic N) is 1. The predicted octanol–water partition coefficient (Wildman–Crippen LogP) is 3.68. The molecule has 0 saturated heterocycles. The molecule has 1 heterocycles. The van der Waals surface area contributed by atoms with Gasteiger partial charge in [0.25, 0.3) is 0 Å². The molecule has 2 nitrogen and oxygen atoms in total. The van der Waals surface area contributed by atoms with Gasteiger partial charge in [0.05, 0.1) is 5.69 Å². The Morgan fingerprint density at radius 1 is 1.13 bits per heavy atom. The predicted molar refractivity (Wildman–Crippen MR) is 63.2 cm³/mol. The van der Waals surface area contributed by atoms with E-state index in [4.69, 9.17) is 4.52 Å². The Morgan fingerprint density at radius 2 is 1.80 bits per heavy atom. The van der Waals surface area contributed by atoms with Gasteiger partial charge in [0.1, 0.15) is 5.76 Å². The maximum absolute atomic E-state index is 5.15. The van der Waals surface area contributed by atoms with Gasteiger partial charge in [-0.2, -0.15) is 0 Å². The molecule has 0 aliphatic carbocycles. The van der Waals surface area contributed by atoms with Crippen LogP contribution in [0.25, 0.3) is 11.1 Å². The molecule has 0 amide bonds. The Kier molecular flexibility index (Phi) is 2.82. The zero-order valence-corrected chi connectivity index (χ0v) is 9.89. The quantitative estimate of drug-likeness (QED) is 0.721. The first kappa shape index (κ1) is 10.3. The molecule has 0 saturated carbocycles. The smallest absolute Gasteiger partial charge is 0.141 e. The highest BCUT2D eigenvalue weighted by molar-refractivity contribution is 7.98. The van der Waals surface area contributed by atoms with Crippen LogP contribution in [0, 0.1) is 13.8 Å². The number of hydrogen-bond donors (Lipinski definition) is 0. The van der Waals surface area contributed by atoms with Gasteiger partial charge in [-0.15, -0.1) is 11.8 Å². The molecule has 1 aromatic heterocycles. The van der Waals surface area contributed by atoms with Crippen molar-refractivity contribution in [2.24, 2.45) is 0 Å². The molecule has 0 aliphatic rings. The van der Waals surface area contributed by atoms with Crippen molar-refractivity contribution in [3.05, 3.63) is 35.7 Å². The van der Waals surface area contributed by atoms with Crippen molar-refractivity contribution in [2.75, 3.05) is 6.26 Å². The fourth-order valence-electron chi connectivity index (χ4n) is 1.65. The summed E-state index contributed by atoms with van der Waals surface area (Å²) in [5, 5.41) is 3.95. The Hall–Kier alpha value is -1.22. The summed E-state index contributed by atoms with van der Waals surface area (Å²) >= 11 is 1.74. The van der Waals surface area contributed by atoms with E-state index in [0.717, 1.165) is 17.0 Å². The van der Waals surface area contributed by atoms with Crippen LogP contribution in [0.5, 0.6) is 0 Å². The van der Waals surface area contributed by atoms with E-state index in [1.54, 1.807) is 11.8 Å². The van der Waals surface area contributed by atoms with Crippen molar-refractivity contribution >= 4 is 11.8 Å². The minimum absolute atomic E-state index is 0.879.